The van der Waals surface area contributed by atoms with Gasteiger partial charge in [-0.2, -0.15) is 0 Å². The Kier molecular flexibility index (Phi) is 6.90. The minimum absolute atomic E-state index is 0.111. The third-order valence-corrected chi connectivity index (χ3v) is 3.13. The summed E-state index contributed by atoms with van der Waals surface area (Å²) < 4.78 is 5.51. The van der Waals surface area contributed by atoms with Gasteiger partial charge in [0, 0.05) is 0 Å². The third-order valence-electron chi connectivity index (χ3n) is 3.13. The molecule has 0 bridgehead atoms. The summed E-state index contributed by atoms with van der Waals surface area (Å²) in [4.78, 5) is 11.9. The fraction of sp³-hybridized carbons (Fsp3) is 0.562. The molecule has 0 fully saturated rings. The van der Waals surface area contributed by atoms with E-state index in [4.69, 9.17) is 4.74 Å². The molecule has 0 aromatic heterocycles. The predicted octanol–water partition coefficient (Wildman–Crippen LogP) is 1.70. The number of rotatable bonds is 7. The van der Waals surface area contributed by atoms with Crippen LogP contribution < -0.4 is 10.1 Å². The summed E-state index contributed by atoms with van der Waals surface area (Å²) in [7, 11) is -1.57. The smallest absolute Gasteiger partial charge is 0.475 e. The van der Waals surface area contributed by atoms with Gasteiger partial charge in [-0.1, -0.05) is 32.9 Å². The Bertz CT molecular complexity index is 485. The Morgan fingerprint density at radius 3 is 2.59 bits per heavy atom. The van der Waals surface area contributed by atoms with E-state index in [-0.39, 0.29) is 24.3 Å². The molecule has 0 aliphatic rings. The number of carbonyl (C=O) groups excluding carboxylic acids is 1. The summed E-state index contributed by atoms with van der Waals surface area (Å²) in [5.74, 6) is -0.206. The van der Waals surface area contributed by atoms with Gasteiger partial charge in [0.1, 0.15) is 5.75 Å². The van der Waals surface area contributed by atoms with E-state index < -0.39 is 13.1 Å². The quantitative estimate of drug-likeness (QED) is 0.670. The summed E-state index contributed by atoms with van der Waals surface area (Å²) in [6.07, 6.45) is 0.649. The molecular formula is C16H26BNO4. The van der Waals surface area contributed by atoms with Crippen LogP contribution in [0.5, 0.6) is 5.75 Å². The molecule has 0 saturated carbocycles. The van der Waals surface area contributed by atoms with Crippen molar-refractivity contribution in [3.05, 3.63) is 29.8 Å². The highest BCUT2D eigenvalue weighted by atomic mass is 16.5. The highest BCUT2D eigenvalue weighted by Gasteiger charge is 2.29. The van der Waals surface area contributed by atoms with Gasteiger partial charge in [-0.05, 0) is 36.5 Å². The number of ether oxygens (including phenoxy) is 1. The van der Waals surface area contributed by atoms with Crippen molar-refractivity contribution in [2.45, 2.75) is 46.5 Å². The average Bonchev–Trinajstić information content (AvgIpc) is 2.36. The first kappa shape index (κ1) is 18.5. The minimum atomic E-state index is -1.57. The van der Waals surface area contributed by atoms with E-state index in [1.54, 1.807) is 0 Å². The molecule has 0 heterocycles. The fourth-order valence-corrected chi connectivity index (χ4v) is 2.14. The van der Waals surface area contributed by atoms with Crippen LogP contribution in [0.15, 0.2) is 24.3 Å². The standard InChI is InChI=1S/C16H26BNO4/c1-12-6-5-7-13(10-12)22-9-8-15(19)18-14(17(20)21)11-16(2,3)4/h5-7,10,14,20-21H,8-9,11H2,1-4H3,(H,18,19)/t14-/m0/s1. The molecule has 0 saturated heterocycles. The number of hydrogen-bond acceptors (Lipinski definition) is 4. The molecule has 0 radical (unpaired) electrons. The van der Waals surface area contributed by atoms with E-state index in [0.29, 0.717) is 6.42 Å². The lowest BCUT2D eigenvalue weighted by atomic mass is 9.71. The van der Waals surface area contributed by atoms with Crippen LogP contribution in [0.2, 0.25) is 0 Å². The first-order valence-electron chi connectivity index (χ1n) is 7.52. The van der Waals surface area contributed by atoms with E-state index in [1.165, 1.54) is 0 Å². The van der Waals surface area contributed by atoms with Crippen molar-refractivity contribution >= 4 is 13.0 Å². The lowest BCUT2D eigenvalue weighted by molar-refractivity contribution is -0.122. The highest BCUT2D eigenvalue weighted by Crippen LogP contribution is 2.21. The molecule has 122 valence electrons. The minimum Gasteiger partial charge on any atom is -0.493 e. The predicted molar refractivity (Wildman–Crippen MR) is 87.5 cm³/mol. The Morgan fingerprint density at radius 1 is 1.36 bits per heavy atom. The van der Waals surface area contributed by atoms with Gasteiger partial charge in [-0.15, -0.1) is 0 Å². The molecule has 1 rings (SSSR count). The summed E-state index contributed by atoms with van der Waals surface area (Å²) >= 11 is 0. The van der Waals surface area contributed by atoms with Gasteiger partial charge in [0.15, 0.2) is 0 Å². The molecule has 1 atom stereocenters. The number of benzene rings is 1. The fourth-order valence-electron chi connectivity index (χ4n) is 2.14. The molecule has 22 heavy (non-hydrogen) atoms. The summed E-state index contributed by atoms with van der Waals surface area (Å²) in [5.41, 5.74) is 0.982. The van der Waals surface area contributed by atoms with Gasteiger partial charge in [-0.3, -0.25) is 4.79 Å². The molecular weight excluding hydrogens is 281 g/mol. The Labute approximate surface area is 132 Å². The topological polar surface area (TPSA) is 78.8 Å². The molecule has 1 aromatic carbocycles. The van der Waals surface area contributed by atoms with Crippen LogP contribution in [0, 0.1) is 12.3 Å². The number of carbonyl (C=O) groups is 1. The molecule has 0 spiro atoms. The van der Waals surface area contributed by atoms with Crippen molar-refractivity contribution in [2.24, 2.45) is 5.41 Å². The van der Waals surface area contributed by atoms with Crippen LogP contribution in [0.3, 0.4) is 0 Å². The first-order chi connectivity index (χ1) is 10.2. The van der Waals surface area contributed by atoms with Crippen LogP contribution in [0.25, 0.3) is 0 Å². The van der Waals surface area contributed by atoms with Crippen LogP contribution in [0.1, 0.15) is 39.2 Å². The van der Waals surface area contributed by atoms with Gasteiger partial charge in [-0.25, -0.2) is 0 Å². The van der Waals surface area contributed by atoms with Crippen molar-refractivity contribution in [3.8, 4) is 5.75 Å². The zero-order valence-electron chi connectivity index (χ0n) is 13.8. The van der Waals surface area contributed by atoms with Gasteiger partial charge in [0.05, 0.1) is 19.0 Å². The van der Waals surface area contributed by atoms with Crippen molar-refractivity contribution in [1.82, 2.24) is 5.32 Å². The zero-order chi connectivity index (χ0) is 16.8. The van der Waals surface area contributed by atoms with Crippen LogP contribution >= 0.6 is 0 Å². The van der Waals surface area contributed by atoms with Crippen LogP contribution in [-0.4, -0.2) is 35.6 Å². The van der Waals surface area contributed by atoms with E-state index in [0.717, 1.165) is 11.3 Å². The lowest BCUT2D eigenvalue weighted by Gasteiger charge is -2.26. The van der Waals surface area contributed by atoms with Crippen molar-refractivity contribution in [2.75, 3.05) is 6.61 Å². The van der Waals surface area contributed by atoms with Crippen molar-refractivity contribution < 1.29 is 19.6 Å². The molecule has 5 nitrogen and oxygen atoms in total. The van der Waals surface area contributed by atoms with E-state index in [9.17, 15) is 14.8 Å². The normalized spacial score (nSPS) is 12.6. The number of hydrogen-bond donors (Lipinski definition) is 3. The second-order valence-corrected chi connectivity index (χ2v) is 6.77. The molecule has 6 heteroatoms. The Morgan fingerprint density at radius 2 is 2.05 bits per heavy atom. The van der Waals surface area contributed by atoms with Gasteiger partial charge < -0.3 is 20.1 Å². The summed E-state index contributed by atoms with van der Waals surface area (Å²) in [6, 6.07) is 7.61. The Balaban J connectivity index is 2.41. The van der Waals surface area contributed by atoms with Crippen molar-refractivity contribution in [1.29, 1.82) is 0 Å². The van der Waals surface area contributed by atoms with Gasteiger partial charge >= 0.3 is 7.12 Å². The molecule has 0 aliphatic heterocycles. The van der Waals surface area contributed by atoms with Gasteiger partial charge in [0.2, 0.25) is 5.91 Å². The van der Waals surface area contributed by atoms with Gasteiger partial charge in [0.25, 0.3) is 0 Å². The van der Waals surface area contributed by atoms with E-state index >= 15 is 0 Å². The van der Waals surface area contributed by atoms with E-state index in [1.807, 2.05) is 52.0 Å². The summed E-state index contributed by atoms with van der Waals surface area (Å²) in [5, 5.41) is 21.4. The lowest BCUT2D eigenvalue weighted by Crippen LogP contribution is -2.48. The maximum absolute atomic E-state index is 11.9. The summed E-state index contributed by atoms with van der Waals surface area (Å²) in [6.45, 7) is 8.17. The van der Waals surface area contributed by atoms with E-state index in [2.05, 4.69) is 5.32 Å². The van der Waals surface area contributed by atoms with Crippen LogP contribution in [-0.2, 0) is 4.79 Å². The third kappa shape index (κ3) is 7.47. The molecule has 0 unspecified atom stereocenters. The Hall–Kier alpha value is -1.53. The second-order valence-electron chi connectivity index (χ2n) is 6.77. The van der Waals surface area contributed by atoms with Crippen molar-refractivity contribution in [3.63, 3.8) is 0 Å². The zero-order valence-corrected chi connectivity index (χ0v) is 13.8. The number of nitrogens with one attached hydrogen (secondary N) is 1. The SMILES string of the molecule is Cc1cccc(OCCC(=O)N[C@@H](CC(C)(C)C)B(O)O)c1. The molecule has 1 aromatic rings. The average molecular weight is 307 g/mol. The maximum atomic E-state index is 11.9. The molecule has 0 aliphatic carbocycles. The van der Waals surface area contributed by atoms with Crippen LogP contribution in [0.4, 0.5) is 0 Å². The number of amides is 1. The monoisotopic (exact) mass is 307 g/mol. The molecule has 3 N–H and O–H groups in total. The molecule has 1 amide bonds. The second kappa shape index (κ2) is 8.20. The first-order valence-corrected chi connectivity index (χ1v) is 7.52. The maximum Gasteiger partial charge on any atom is 0.475 e. The number of aryl methyl sites for hydroxylation is 1. The largest absolute Gasteiger partial charge is 0.493 e. The highest BCUT2D eigenvalue weighted by molar-refractivity contribution is 6.43.